The van der Waals surface area contributed by atoms with Crippen molar-refractivity contribution in [3.05, 3.63) is 29.8 Å². The molecule has 0 aromatic heterocycles. The van der Waals surface area contributed by atoms with Gasteiger partial charge in [-0.3, -0.25) is 4.79 Å². The topological polar surface area (TPSA) is 47.6 Å². The summed E-state index contributed by atoms with van der Waals surface area (Å²) < 4.78 is 10.0. The third-order valence-electron chi connectivity index (χ3n) is 2.44. The number of methoxy groups -OCH3 is 2. The molecule has 0 aliphatic heterocycles. The average Bonchev–Trinajstić information content (AvgIpc) is 2.38. The zero-order chi connectivity index (χ0) is 13.4. The molecular formula is C13H18ClNO3. The molecule has 18 heavy (non-hydrogen) atoms. The zero-order valence-corrected chi connectivity index (χ0v) is 11.4. The smallest absolute Gasteiger partial charge is 0.255 e. The van der Waals surface area contributed by atoms with Crippen LogP contribution in [0.2, 0.25) is 0 Å². The molecule has 1 unspecified atom stereocenters. The lowest BCUT2D eigenvalue weighted by Gasteiger charge is -2.11. The number of ether oxygens (including phenoxy) is 2. The Bertz CT molecular complexity index is 384. The lowest BCUT2D eigenvalue weighted by Crippen LogP contribution is -2.27. The number of nitrogens with one attached hydrogen (secondary N) is 1. The van der Waals surface area contributed by atoms with Crippen molar-refractivity contribution in [2.75, 3.05) is 27.4 Å². The maximum Gasteiger partial charge on any atom is 0.255 e. The van der Waals surface area contributed by atoms with Gasteiger partial charge in [0.1, 0.15) is 5.75 Å². The van der Waals surface area contributed by atoms with Crippen molar-refractivity contribution >= 4 is 17.5 Å². The first-order chi connectivity index (χ1) is 8.69. The van der Waals surface area contributed by atoms with Crippen molar-refractivity contribution in [3.8, 4) is 5.75 Å². The van der Waals surface area contributed by atoms with Crippen molar-refractivity contribution in [2.24, 2.45) is 0 Å². The average molecular weight is 272 g/mol. The van der Waals surface area contributed by atoms with Crippen LogP contribution >= 0.6 is 11.6 Å². The summed E-state index contributed by atoms with van der Waals surface area (Å²) in [5.41, 5.74) is 0.526. The van der Waals surface area contributed by atoms with Crippen LogP contribution in [0.15, 0.2) is 24.3 Å². The molecule has 0 heterocycles. The fourth-order valence-corrected chi connectivity index (χ4v) is 1.77. The molecule has 0 spiro atoms. The second-order valence-electron chi connectivity index (χ2n) is 3.80. The molecule has 0 bridgehead atoms. The Hall–Kier alpha value is -1.26. The summed E-state index contributed by atoms with van der Waals surface area (Å²) >= 11 is 5.97. The second kappa shape index (κ2) is 7.95. The molecule has 100 valence electrons. The summed E-state index contributed by atoms with van der Waals surface area (Å²) in [7, 11) is 3.14. The van der Waals surface area contributed by atoms with Crippen molar-refractivity contribution in [1.29, 1.82) is 0 Å². The minimum Gasteiger partial charge on any atom is -0.496 e. The maximum atomic E-state index is 11.9. The van der Waals surface area contributed by atoms with Gasteiger partial charge in [-0.2, -0.15) is 0 Å². The highest BCUT2D eigenvalue weighted by molar-refractivity contribution is 6.20. The van der Waals surface area contributed by atoms with E-state index in [-0.39, 0.29) is 11.3 Å². The molecule has 1 N–H and O–H groups in total. The van der Waals surface area contributed by atoms with Crippen molar-refractivity contribution in [3.63, 3.8) is 0 Å². The summed E-state index contributed by atoms with van der Waals surface area (Å²) in [5, 5.41) is 2.71. The van der Waals surface area contributed by atoms with Crippen LogP contribution in [0.4, 0.5) is 0 Å². The van der Waals surface area contributed by atoms with E-state index in [2.05, 4.69) is 5.32 Å². The van der Waals surface area contributed by atoms with Gasteiger partial charge in [0, 0.05) is 13.7 Å². The number of rotatable bonds is 7. The van der Waals surface area contributed by atoms with Gasteiger partial charge in [-0.05, 0) is 18.6 Å². The number of carbonyl (C=O) groups is 1. The van der Waals surface area contributed by atoms with Crippen LogP contribution in [-0.2, 0) is 4.74 Å². The zero-order valence-electron chi connectivity index (χ0n) is 10.6. The van der Waals surface area contributed by atoms with Gasteiger partial charge in [-0.1, -0.05) is 12.1 Å². The number of amides is 1. The Morgan fingerprint density at radius 3 is 2.78 bits per heavy atom. The molecule has 0 aliphatic carbocycles. The summed E-state index contributed by atoms with van der Waals surface area (Å²) in [5.74, 6) is 0.406. The third-order valence-corrected chi connectivity index (χ3v) is 2.79. The van der Waals surface area contributed by atoms with Crippen LogP contribution in [-0.4, -0.2) is 38.7 Å². The maximum absolute atomic E-state index is 11.9. The molecule has 1 amide bonds. The Kier molecular flexibility index (Phi) is 6.54. The van der Waals surface area contributed by atoms with Crippen LogP contribution in [0.1, 0.15) is 16.8 Å². The van der Waals surface area contributed by atoms with Gasteiger partial charge in [0.2, 0.25) is 0 Å². The predicted octanol–water partition coefficient (Wildman–Crippen LogP) is 2.07. The van der Waals surface area contributed by atoms with E-state index in [9.17, 15) is 4.79 Å². The number of alkyl halides is 1. The first-order valence-corrected chi connectivity index (χ1v) is 6.17. The Labute approximate surface area is 112 Å². The molecule has 4 nitrogen and oxygen atoms in total. The highest BCUT2D eigenvalue weighted by Crippen LogP contribution is 2.16. The van der Waals surface area contributed by atoms with Crippen molar-refractivity contribution in [2.45, 2.75) is 11.8 Å². The number of benzene rings is 1. The molecule has 5 heteroatoms. The number of carbonyl (C=O) groups excluding carboxylic acids is 1. The molecule has 0 radical (unpaired) electrons. The minimum absolute atomic E-state index is 0.0898. The van der Waals surface area contributed by atoms with Crippen LogP contribution < -0.4 is 10.1 Å². The highest BCUT2D eigenvalue weighted by atomic mass is 35.5. The van der Waals surface area contributed by atoms with Gasteiger partial charge in [-0.25, -0.2) is 0 Å². The van der Waals surface area contributed by atoms with E-state index < -0.39 is 0 Å². The molecule has 0 saturated heterocycles. The van der Waals surface area contributed by atoms with Crippen LogP contribution in [0.3, 0.4) is 0 Å². The summed E-state index contributed by atoms with van der Waals surface area (Å²) in [4.78, 5) is 11.9. The van der Waals surface area contributed by atoms with E-state index >= 15 is 0 Å². The van der Waals surface area contributed by atoms with Crippen LogP contribution in [0, 0.1) is 0 Å². The van der Waals surface area contributed by atoms with Gasteiger partial charge in [0.25, 0.3) is 5.91 Å². The molecular weight excluding hydrogens is 254 g/mol. The van der Waals surface area contributed by atoms with E-state index in [1.54, 1.807) is 32.4 Å². The minimum atomic E-state index is -0.159. The Morgan fingerprint density at radius 2 is 2.11 bits per heavy atom. The summed E-state index contributed by atoms with van der Waals surface area (Å²) in [6, 6.07) is 7.10. The van der Waals surface area contributed by atoms with Gasteiger partial charge in [0.05, 0.1) is 24.7 Å². The predicted molar refractivity (Wildman–Crippen MR) is 71.5 cm³/mol. The number of para-hydroxylation sites is 1. The van der Waals surface area contributed by atoms with E-state index in [4.69, 9.17) is 21.1 Å². The standard InChI is InChI=1S/C13H18ClNO3/c1-17-9-10(14)7-8-15-13(16)11-5-3-4-6-12(11)18-2/h3-6,10H,7-9H2,1-2H3,(H,15,16). The van der Waals surface area contributed by atoms with Gasteiger partial charge in [0.15, 0.2) is 0 Å². The second-order valence-corrected chi connectivity index (χ2v) is 4.41. The lowest BCUT2D eigenvalue weighted by molar-refractivity contribution is 0.0948. The summed E-state index contributed by atoms with van der Waals surface area (Å²) in [6.45, 7) is 0.987. The van der Waals surface area contributed by atoms with Gasteiger partial charge < -0.3 is 14.8 Å². The van der Waals surface area contributed by atoms with Crippen molar-refractivity contribution in [1.82, 2.24) is 5.32 Å². The normalized spacial score (nSPS) is 11.9. The first-order valence-electron chi connectivity index (χ1n) is 5.73. The fourth-order valence-electron chi connectivity index (χ4n) is 1.53. The van der Waals surface area contributed by atoms with E-state index in [0.717, 1.165) is 0 Å². The Balaban J connectivity index is 2.45. The lowest BCUT2D eigenvalue weighted by atomic mass is 10.2. The van der Waals surface area contributed by atoms with Crippen molar-refractivity contribution < 1.29 is 14.3 Å². The molecule has 1 aromatic carbocycles. The Morgan fingerprint density at radius 1 is 1.39 bits per heavy atom. The van der Waals surface area contributed by atoms with E-state index in [1.807, 2.05) is 6.07 Å². The molecule has 1 atom stereocenters. The van der Waals surface area contributed by atoms with Crippen LogP contribution in [0.25, 0.3) is 0 Å². The SMILES string of the molecule is COCC(Cl)CCNC(=O)c1ccccc1OC. The first kappa shape index (κ1) is 14.8. The monoisotopic (exact) mass is 271 g/mol. The molecule has 0 fully saturated rings. The molecule has 1 aromatic rings. The number of hydrogen-bond acceptors (Lipinski definition) is 3. The summed E-state index contributed by atoms with van der Waals surface area (Å²) in [6.07, 6.45) is 0.663. The van der Waals surface area contributed by atoms with E-state index in [0.29, 0.717) is 30.9 Å². The van der Waals surface area contributed by atoms with Gasteiger partial charge in [-0.15, -0.1) is 11.6 Å². The van der Waals surface area contributed by atoms with Crippen LogP contribution in [0.5, 0.6) is 5.75 Å². The highest BCUT2D eigenvalue weighted by Gasteiger charge is 2.11. The van der Waals surface area contributed by atoms with E-state index in [1.165, 1.54) is 0 Å². The molecule has 1 rings (SSSR count). The molecule has 0 aliphatic rings. The third kappa shape index (κ3) is 4.55. The number of halogens is 1. The largest absolute Gasteiger partial charge is 0.496 e. The van der Waals surface area contributed by atoms with Gasteiger partial charge >= 0.3 is 0 Å². The number of hydrogen-bond donors (Lipinski definition) is 1. The molecule has 0 saturated carbocycles. The fraction of sp³-hybridized carbons (Fsp3) is 0.462. The quantitative estimate of drug-likeness (QED) is 0.773.